The third-order valence-corrected chi connectivity index (χ3v) is 3.57. The molecule has 0 saturated carbocycles. The van der Waals surface area contributed by atoms with Gasteiger partial charge < -0.3 is 10.4 Å². The van der Waals surface area contributed by atoms with Crippen LogP contribution in [0, 0.1) is 0 Å². The van der Waals surface area contributed by atoms with Crippen molar-refractivity contribution in [3.05, 3.63) is 33.8 Å². The summed E-state index contributed by atoms with van der Waals surface area (Å²) >= 11 is 12.1. The molecule has 0 aromatic heterocycles. The van der Waals surface area contributed by atoms with E-state index in [0.29, 0.717) is 22.0 Å². The molecule has 2 nitrogen and oxygen atoms in total. The fourth-order valence-corrected chi connectivity index (χ4v) is 2.19. The van der Waals surface area contributed by atoms with Crippen LogP contribution in [-0.4, -0.2) is 18.2 Å². The Balaban J connectivity index is 2.71. The third kappa shape index (κ3) is 4.14. The molecule has 0 fully saturated rings. The van der Waals surface area contributed by atoms with Crippen LogP contribution in [0.5, 0.6) is 0 Å². The molecule has 0 aliphatic rings. The molecule has 0 radical (unpaired) electrons. The molecule has 1 aromatic rings. The van der Waals surface area contributed by atoms with E-state index in [4.69, 9.17) is 23.2 Å². The van der Waals surface area contributed by atoms with Gasteiger partial charge in [-0.2, -0.15) is 0 Å². The second-order valence-electron chi connectivity index (χ2n) is 4.38. The Morgan fingerprint density at radius 2 is 2.00 bits per heavy atom. The van der Waals surface area contributed by atoms with Crippen molar-refractivity contribution in [3.63, 3.8) is 0 Å². The van der Waals surface area contributed by atoms with Gasteiger partial charge in [0.25, 0.3) is 0 Å². The zero-order valence-corrected chi connectivity index (χ0v) is 11.8. The Morgan fingerprint density at radius 1 is 1.29 bits per heavy atom. The molecule has 0 heterocycles. The van der Waals surface area contributed by atoms with Gasteiger partial charge in [0.1, 0.15) is 0 Å². The summed E-state index contributed by atoms with van der Waals surface area (Å²) in [6, 6.07) is 5.34. The van der Waals surface area contributed by atoms with E-state index in [-0.39, 0.29) is 0 Å². The second kappa shape index (κ2) is 6.60. The minimum absolute atomic E-state index is 0.439. The lowest BCUT2D eigenvalue weighted by atomic mass is 9.92. The maximum Gasteiger partial charge on any atom is 0.0895 e. The van der Waals surface area contributed by atoms with Crippen molar-refractivity contribution in [2.24, 2.45) is 0 Å². The highest BCUT2D eigenvalue weighted by molar-refractivity contribution is 6.42. The van der Waals surface area contributed by atoms with Crippen LogP contribution in [0.1, 0.15) is 32.3 Å². The summed E-state index contributed by atoms with van der Waals surface area (Å²) in [6.07, 6.45) is 1.69. The van der Waals surface area contributed by atoms with Crippen molar-refractivity contribution < 1.29 is 5.11 Å². The number of rotatable bonds is 6. The van der Waals surface area contributed by atoms with Gasteiger partial charge in [-0.1, -0.05) is 42.3 Å². The quantitative estimate of drug-likeness (QED) is 0.778. The highest BCUT2D eigenvalue weighted by Crippen LogP contribution is 2.34. The van der Waals surface area contributed by atoms with Crippen molar-refractivity contribution in [1.29, 1.82) is 0 Å². The normalized spacial score (nSPS) is 14.6. The number of halogens is 2. The third-order valence-electron chi connectivity index (χ3n) is 2.75. The monoisotopic (exact) mass is 275 g/mol. The smallest absolute Gasteiger partial charge is 0.0895 e. The minimum atomic E-state index is -0.956. The average molecular weight is 276 g/mol. The first-order valence-corrected chi connectivity index (χ1v) is 6.62. The van der Waals surface area contributed by atoms with Crippen LogP contribution in [0.4, 0.5) is 0 Å². The molecule has 0 saturated heterocycles. The molecular formula is C13H19Cl2NO. The molecule has 2 N–H and O–H groups in total. The standard InChI is InChI=1S/C13H19Cl2NO/c1-3-8-16-9-7-13(2,17)10-5-4-6-11(14)12(10)15/h4-6,16-17H,3,7-9H2,1-2H3. The summed E-state index contributed by atoms with van der Waals surface area (Å²) in [7, 11) is 0. The summed E-state index contributed by atoms with van der Waals surface area (Å²) in [4.78, 5) is 0. The molecule has 0 aliphatic heterocycles. The topological polar surface area (TPSA) is 32.3 Å². The molecule has 17 heavy (non-hydrogen) atoms. The van der Waals surface area contributed by atoms with Crippen LogP contribution in [0.3, 0.4) is 0 Å². The van der Waals surface area contributed by atoms with Crippen LogP contribution in [-0.2, 0) is 5.60 Å². The lowest BCUT2D eigenvalue weighted by molar-refractivity contribution is 0.0482. The second-order valence-corrected chi connectivity index (χ2v) is 5.16. The van der Waals surface area contributed by atoms with E-state index >= 15 is 0 Å². The number of hydrogen-bond donors (Lipinski definition) is 2. The Hall–Kier alpha value is -0.280. The number of hydrogen-bond acceptors (Lipinski definition) is 2. The summed E-state index contributed by atoms with van der Waals surface area (Å²) in [5, 5.41) is 14.6. The number of benzene rings is 1. The van der Waals surface area contributed by atoms with E-state index in [1.165, 1.54) is 0 Å². The summed E-state index contributed by atoms with van der Waals surface area (Å²) in [6.45, 7) is 5.58. The Morgan fingerprint density at radius 3 is 2.65 bits per heavy atom. The maximum absolute atomic E-state index is 10.4. The van der Waals surface area contributed by atoms with Crippen molar-refractivity contribution in [1.82, 2.24) is 5.32 Å². The molecule has 0 amide bonds. The van der Waals surface area contributed by atoms with E-state index in [9.17, 15) is 5.11 Å². The Labute approximate surface area is 113 Å². The molecular weight excluding hydrogens is 257 g/mol. The zero-order valence-electron chi connectivity index (χ0n) is 10.3. The van der Waals surface area contributed by atoms with Gasteiger partial charge in [-0.15, -0.1) is 0 Å². The lowest BCUT2D eigenvalue weighted by Crippen LogP contribution is -2.28. The first-order valence-electron chi connectivity index (χ1n) is 5.86. The van der Waals surface area contributed by atoms with Crippen LogP contribution >= 0.6 is 23.2 Å². The van der Waals surface area contributed by atoms with E-state index in [2.05, 4.69) is 12.2 Å². The predicted octanol–water partition coefficient (Wildman–Crippen LogP) is 3.59. The number of nitrogens with one attached hydrogen (secondary N) is 1. The van der Waals surface area contributed by atoms with Gasteiger partial charge in [-0.05, 0) is 38.9 Å². The van der Waals surface area contributed by atoms with Gasteiger partial charge in [-0.25, -0.2) is 0 Å². The molecule has 4 heteroatoms. The highest BCUT2D eigenvalue weighted by Gasteiger charge is 2.25. The molecule has 1 rings (SSSR count). The van der Waals surface area contributed by atoms with Crippen molar-refractivity contribution >= 4 is 23.2 Å². The lowest BCUT2D eigenvalue weighted by Gasteiger charge is -2.25. The molecule has 96 valence electrons. The van der Waals surface area contributed by atoms with Gasteiger partial charge in [0.15, 0.2) is 0 Å². The average Bonchev–Trinajstić information content (AvgIpc) is 2.28. The molecule has 0 bridgehead atoms. The predicted molar refractivity (Wildman–Crippen MR) is 73.8 cm³/mol. The zero-order chi connectivity index (χ0) is 12.9. The van der Waals surface area contributed by atoms with Gasteiger partial charge in [0, 0.05) is 5.56 Å². The molecule has 0 spiro atoms. The van der Waals surface area contributed by atoms with Gasteiger partial charge >= 0.3 is 0 Å². The molecule has 1 atom stereocenters. The molecule has 1 unspecified atom stereocenters. The Bertz CT molecular complexity index is 366. The SMILES string of the molecule is CCCNCCC(C)(O)c1cccc(Cl)c1Cl. The summed E-state index contributed by atoms with van der Waals surface area (Å²) < 4.78 is 0. The Kier molecular flexibility index (Phi) is 5.74. The van der Waals surface area contributed by atoms with Crippen LogP contribution in [0.15, 0.2) is 18.2 Å². The largest absolute Gasteiger partial charge is 0.385 e. The fourth-order valence-electron chi connectivity index (χ4n) is 1.69. The molecule has 0 aliphatic carbocycles. The van der Waals surface area contributed by atoms with Crippen molar-refractivity contribution in [2.75, 3.05) is 13.1 Å². The van der Waals surface area contributed by atoms with E-state index in [0.717, 1.165) is 19.5 Å². The van der Waals surface area contributed by atoms with E-state index in [1.54, 1.807) is 19.1 Å². The highest BCUT2D eigenvalue weighted by atomic mass is 35.5. The van der Waals surface area contributed by atoms with Gasteiger partial charge in [0.05, 0.1) is 15.6 Å². The van der Waals surface area contributed by atoms with Crippen LogP contribution < -0.4 is 5.32 Å². The van der Waals surface area contributed by atoms with Crippen molar-refractivity contribution in [2.45, 2.75) is 32.3 Å². The first kappa shape index (κ1) is 14.8. The summed E-state index contributed by atoms with van der Waals surface area (Å²) in [5.74, 6) is 0. The number of aliphatic hydroxyl groups is 1. The van der Waals surface area contributed by atoms with Crippen molar-refractivity contribution in [3.8, 4) is 0 Å². The molecule has 1 aromatic carbocycles. The van der Waals surface area contributed by atoms with Crippen LogP contribution in [0.2, 0.25) is 10.0 Å². The summed E-state index contributed by atoms with van der Waals surface area (Å²) in [5.41, 5.74) is -0.270. The maximum atomic E-state index is 10.4. The minimum Gasteiger partial charge on any atom is -0.385 e. The van der Waals surface area contributed by atoms with Crippen LogP contribution in [0.25, 0.3) is 0 Å². The van der Waals surface area contributed by atoms with Gasteiger partial charge in [0.2, 0.25) is 0 Å². The van der Waals surface area contributed by atoms with E-state index < -0.39 is 5.60 Å². The van der Waals surface area contributed by atoms with E-state index in [1.807, 2.05) is 6.07 Å². The van der Waals surface area contributed by atoms with Gasteiger partial charge in [-0.3, -0.25) is 0 Å². The first-order chi connectivity index (χ1) is 7.99. The fraction of sp³-hybridized carbons (Fsp3) is 0.538.